The lowest BCUT2D eigenvalue weighted by molar-refractivity contribution is 0.142. The Morgan fingerprint density at radius 1 is 1.10 bits per heavy atom. The summed E-state index contributed by atoms with van der Waals surface area (Å²) in [6.45, 7) is 1.43. The van der Waals surface area contributed by atoms with Gasteiger partial charge in [0.05, 0.1) is 6.61 Å². The van der Waals surface area contributed by atoms with Crippen molar-refractivity contribution in [1.82, 2.24) is 4.98 Å². The maximum absolute atomic E-state index is 5.71. The van der Waals surface area contributed by atoms with Gasteiger partial charge < -0.3 is 14.2 Å². The number of methoxy groups -OCH3 is 1. The van der Waals surface area contributed by atoms with E-state index in [0.717, 1.165) is 10.0 Å². The predicted molar refractivity (Wildman–Crippen MR) is 80.1 cm³/mol. The summed E-state index contributed by atoms with van der Waals surface area (Å²) >= 11 is 3.37. The van der Waals surface area contributed by atoms with Crippen molar-refractivity contribution in [3.63, 3.8) is 0 Å². The number of pyridine rings is 1. The molecule has 0 aliphatic carbocycles. The molecule has 2 rings (SSSR count). The molecule has 0 atom stereocenters. The summed E-state index contributed by atoms with van der Waals surface area (Å²) in [7, 11) is 1.63. The molecule has 0 unspecified atom stereocenters. The largest absolute Gasteiger partial charge is 0.486 e. The Labute approximate surface area is 126 Å². The Kier molecular flexibility index (Phi) is 5.83. The second kappa shape index (κ2) is 7.87. The van der Waals surface area contributed by atoms with Gasteiger partial charge in [0.25, 0.3) is 5.88 Å². The van der Waals surface area contributed by atoms with E-state index in [1.165, 1.54) is 0 Å². The summed E-state index contributed by atoms with van der Waals surface area (Å²) in [6, 6.07) is 11.8. The van der Waals surface area contributed by atoms with Crippen LogP contribution in [-0.4, -0.2) is 25.3 Å². The number of rotatable bonds is 7. The zero-order valence-electron chi connectivity index (χ0n) is 11.2. The molecule has 2 aromatic rings. The van der Waals surface area contributed by atoms with Gasteiger partial charge in [-0.25, -0.2) is 4.98 Å². The molecule has 106 valence electrons. The fourth-order valence-electron chi connectivity index (χ4n) is 1.58. The maximum atomic E-state index is 5.71. The summed E-state index contributed by atoms with van der Waals surface area (Å²) in [5.74, 6) is 1.08. The van der Waals surface area contributed by atoms with Gasteiger partial charge in [0.15, 0.2) is 5.75 Å². The minimum Gasteiger partial charge on any atom is -0.486 e. The lowest BCUT2D eigenvalue weighted by atomic mass is 10.2. The van der Waals surface area contributed by atoms with Crippen LogP contribution in [-0.2, 0) is 11.3 Å². The zero-order chi connectivity index (χ0) is 14.2. The Morgan fingerprint density at radius 3 is 2.65 bits per heavy atom. The highest BCUT2D eigenvalue weighted by molar-refractivity contribution is 9.10. The monoisotopic (exact) mass is 337 g/mol. The zero-order valence-corrected chi connectivity index (χ0v) is 12.8. The lowest BCUT2D eigenvalue weighted by Gasteiger charge is -2.12. The number of nitrogens with zero attached hydrogens (tertiary/aromatic N) is 1. The van der Waals surface area contributed by atoms with Gasteiger partial charge in [-0.1, -0.05) is 30.3 Å². The molecule has 0 radical (unpaired) electrons. The van der Waals surface area contributed by atoms with E-state index in [9.17, 15) is 0 Å². The smallest absolute Gasteiger partial charge is 0.257 e. The Balaban J connectivity index is 2.02. The van der Waals surface area contributed by atoms with Crippen LogP contribution in [0.25, 0.3) is 0 Å². The van der Waals surface area contributed by atoms with Crippen molar-refractivity contribution in [2.45, 2.75) is 6.61 Å². The van der Waals surface area contributed by atoms with E-state index in [1.807, 2.05) is 36.4 Å². The fraction of sp³-hybridized carbons (Fsp3) is 0.267. The highest BCUT2D eigenvalue weighted by Gasteiger charge is 2.08. The molecule has 4 nitrogen and oxygen atoms in total. The molecule has 0 saturated carbocycles. The molecule has 0 amide bonds. The molecule has 0 spiro atoms. The van der Waals surface area contributed by atoms with Gasteiger partial charge in [0.1, 0.15) is 13.2 Å². The normalized spacial score (nSPS) is 10.3. The number of aromatic nitrogens is 1. The van der Waals surface area contributed by atoms with Crippen molar-refractivity contribution in [2.24, 2.45) is 0 Å². The Hall–Kier alpha value is -1.59. The first-order valence-electron chi connectivity index (χ1n) is 6.23. The summed E-state index contributed by atoms with van der Waals surface area (Å²) in [5.41, 5.74) is 1.08. The topological polar surface area (TPSA) is 40.6 Å². The second-order valence-corrected chi connectivity index (χ2v) is 4.99. The van der Waals surface area contributed by atoms with Crippen LogP contribution in [0.15, 0.2) is 47.1 Å². The Morgan fingerprint density at radius 2 is 1.90 bits per heavy atom. The van der Waals surface area contributed by atoms with Gasteiger partial charge in [-0.05, 0) is 21.5 Å². The third kappa shape index (κ3) is 4.51. The molecular formula is C15H16BrNO3. The fourth-order valence-corrected chi connectivity index (χ4v) is 1.89. The lowest BCUT2D eigenvalue weighted by Crippen LogP contribution is -2.07. The van der Waals surface area contributed by atoms with E-state index in [1.54, 1.807) is 13.3 Å². The van der Waals surface area contributed by atoms with Gasteiger partial charge in [0, 0.05) is 23.8 Å². The predicted octanol–water partition coefficient (Wildman–Crippen LogP) is 3.45. The van der Waals surface area contributed by atoms with Crippen LogP contribution in [0, 0.1) is 0 Å². The Bertz CT molecular complexity index is 534. The molecule has 0 saturated heterocycles. The van der Waals surface area contributed by atoms with Crippen molar-refractivity contribution < 1.29 is 14.2 Å². The average molecular weight is 338 g/mol. The number of benzene rings is 1. The highest BCUT2D eigenvalue weighted by atomic mass is 79.9. The maximum Gasteiger partial charge on any atom is 0.257 e. The van der Waals surface area contributed by atoms with Crippen LogP contribution in [0.1, 0.15) is 5.56 Å². The standard InChI is InChI=1S/C15H16BrNO3/c1-18-7-8-19-14-9-13(16)10-17-15(14)20-11-12-5-3-2-4-6-12/h2-6,9-10H,7-8,11H2,1H3. The van der Waals surface area contributed by atoms with E-state index >= 15 is 0 Å². The molecule has 1 aromatic heterocycles. The first kappa shape index (κ1) is 14.8. The first-order valence-corrected chi connectivity index (χ1v) is 7.03. The van der Waals surface area contributed by atoms with Crippen LogP contribution in [0.2, 0.25) is 0 Å². The van der Waals surface area contributed by atoms with Crippen LogP contribution in [0.5, 0.6) is 11.6 Å². The number of ether oxygens (including phenoxy) is 3. The van der Waals surface area contributed by atoms with Crippen LogP contribution in [0.3, 0.4) is 0 Å². The van der Waals surface area contributed by atoms with E-state index in [-0.39, 0.29) is 0 Å². The minimum absolute atomic E-state index is 0.454. The van der Waals surface area contributed by atoms with Crippen LogP contribution in [0.4, 0.5) is 0 Å². The van der Waals surface area contributed by atoms with E-state index < -0.39 is 0 Å². The van der Waals surface area contributed by atoms with Crippen molar-refractivity contribution in [2.75, 3.05) is 20.3 Å². The number of halogens is 1. The quantitative estimate of drug-likeness (QED) is 0.725. The third-order valence-electron chi connectivity index (χ3n) is 2.55. The molecule has 0 aliphatic heterocycles. The van der Waals surface area contributed by atoms with E-state index in [0.29, 0.717) is 31.5 Å². The van der Waals surface area contributed by atoms with Crippen LogP contribution < -0.4 is 9.47 Å². The molecule has 5 heteroatoms. The van der Waals surface area contributed by atoms with Gasteiger partial charge in [0.2, 0.25) is 0 Å². The van der Waals surface area contributed by atoms with Gasteiger partial charge >= 0.3 is 0 Å². The minimum atomic E-state index is 0.454. The first-order chi connectivity index (χ1) is 9.79. The molecule has 0 N–H and O–H groups in total. The highest BCUT2D eigenvalue weighted by Crippen LogP contribution is 2.28. The summed E-state index contributed by atoms with van der Waals surface area (Å²) < 4.78 is 17.1. The molecule has 1 heterocycles. The summed E-state index contributed by atoms with van der Waals surface area (Å²) in [4.78, 5) is 4.24. The van der Waals surface area contributed by atoms with Gasteiger partial charge in [-0.15, -0.1) is 0 Å². The van der Waals surface area contributed by atoms with Crippen molar-refractivity contribution in [1.29, 1.82) is 0 Å². The van der Waals surface area contributed by atoms with E-state index in [4.69, 9.17) is 14.2 Å². The average Bonchev–Trinajstić information content (AvgIpc) is 2.48. The van der Waals surface area contributed by atoms with Crippen molar-refractivity contribution >= 4 is 15.9 Å². The number of hydrogen-bond acceptors (Lipinski definition) is 4. The molecule has 0 fully saturated rings. The van der Waals surface area contributed by atoms with Gasteiger partial charge in [-0.2, -0.15) is 0 Å². The molecule has 0 aliphatic rings. The van der Waals surface area contributed by atoms with Gasteiger partial charge in [-0.3, -0.25) is 0 Å². The summed E-state index contributed by atoms with van der Waals surface area (Å²) in [5, 5.41) is 0. The van der Waals surface area contributed by atoms with E-state index in [2.05, 4.69) is 20.9 Å². The van der Waals surface area contributed by atoms with Crippen molar-refractivity contribution in [3.05, 3.63) is 52.6 Å². The third-order valence-corrected chi connectivity index (χ3v) is 2.98. The SMILES string of the molecule is COCCOc1cc(Br)cnc1OCc1ccccc1. The summed E-state index contributed by atoms with van der Waals surface area (Å²) in [6.07, 6.45) is 1.68. The number of hydrogen-bond donors (Lipinski definition) is 0. The molecule has 1 aromatic carbocycles. The molecule has 20 heavy (non-hydrogen) atoms. The molecular weight excluding hydrogens is 322 g/mol. The van der Waals surface area contributed by atoms with Crippen molar-refractivity contribution in [3.8, 4) is 11.6 Å². The van der Waals surface area contributed by atoms with Crippen LogP contribution >= 0.6 is 15.9 Å². The molecule has 0 bridgehead atoms. The second-order valence-electron chi connectivity index (χ2n) is 4.07.